The number of rotatable bonds is 3. The molecular formula is C14H27N. The van der Waals surface area contributed by atoms with E-state index in [-0.39, 0.29) is 0 Å². The molecule has 0 aromatic carbocycles. The van der Waals surface area contributed by atoms with Gasteiger partial charge in [0.05, 0.1) is 0 Å². The van der Waals surface area contributed by atoms with Crippen LogP contribution < -0.4 is 5.32 Å². The Hall–Kier alpha value is -0.0400. The summed E-state index contributed by atoms with van der Waals surface area (Å²) in [7, 11) is 0. The Bertz CT molecular complexity index is 186. The summed E-state index contributed by atoms with van der Waals surface area (Å²) in [5.74, 6) is 1.94. The van der Waals surface area contributed by atoms with Crippen molar-refractivity contribution in [1.82, 2.24) is 5.32 Å². The first-order valence-electron chi connectivity index (χ1n) is 7.11. The van der Waals surface area contributed by atoms with Crippen molar-refractivity contribution in [3.8, 4) is 0 Å². The van der Waals surface area contributed by atoms with Gasteiger partial charge in [0.1, 0.15) is 0 Å². The highest BCUT2D eigenvalue weighted by Crippen LogP contribution is 2.34. The van der Waals surface area contributed by atoms with Crippen molar-refractivity contribution in [3.05, 3.63) is 0 Å². The second kappa shape index (κ2) is 5.34. The minimum atomic E-state index is 0.833. The quantitative estimate of drug-likeness (QED) is 0.747. The molecular weight excluding hydrogens is 182 g/mol. The summed E-state index contributed by atoms with van der Waals surface area (Å²) in [5, 5.41) is 3.96. The SMILES string of the molecule is CCC(CC)C1CCC2CCCCC2N1. The first kappa shape index (κ1) is 11.4. The molecule has 1 heteroatoms. The molecule has 1 nitrogen and oxygen atoms in total. The van der Waals surface area contributed by atoms with Gasteiger partial charge in [-0.05, 0) is 37.5 Å². The van der Waals surface area contributed by atoms with E-state index in [0.717, 1.165) is 23.9 Å². The average Bonchev–Trinajstić information content (AvgIpc) is 2.30. The van der Waals surface area contributed by atoms with Gasteiger partial charge in [0.15, 0.2) is 0 Å². The summed E-state index contributed by atoms with van der Waals surface area (Å²) in [6.45, 7) is 4.70. The molecule has 1 aliphatic heterocycles. The fourth-order valence-corrected chi connectivity index (χ4v) is 3.75. The van der Waals surface area contributed by atoms with Crippen LogP contribution in [0.2, 0.25) is 0 Å². The van der Waals surface area contributed by atoms with Crippen LogP contribution in [0.3, 0.4) is 0 Å². The summed E-state index contributed by atoms with van der Waals surface area (Å²) in [4.78, 5) is 0. The molecule has 3 unspecified atom stereocenters. The van der Waals surface area contributed by atoms with Crippen molar-refractivity contribution in [2.24, 2.45) is 11.8 Å². The van der Waals surface area contributed by atoms with E-state index in [0.29, 0.717) is 0 Å². The molecule has 0 radical (unpaired) electrons. The standard InChI is InChI=1S/C14H27N/c1-3-11(4-2)14-10-9-12-7-5-6-8-13(12)15-14/h11-15H,3-10H2,1-2H3. The Balaban J connectivity index is 1.90. The van der Waals surface area contributed by atoms with E-state index in [1.54, 1.807) is 0 Å². The van der Waals surface area contributed by atoms with Gasteiger partial charge in [-0.2, -0.15) is 0 Å². The molecule has 0 amide bonds. The molecule has 1 heterocycles. The fraction of sp³-hybridized carbons (Fsp3) is 1.00. The first-order chi connectivity index (χ1) is 7.35. The number of piperidine rings is 1. The first-order valence-corrected chi connectivity index (χ1v) is 7.11. The molecule has 88 valence electrons. The lowest BCUT2D eigenvalue weighted by atomic mass is 9.75. The molecule has 0 spiro atoms. The minimum Gasteiger partial charge on any atom is -0.311 e. The van der Waals surface area contributed by atoms with Gasteiger partial charge in [-0.3, -0.25) is 0 Å². The molecule has 0 aromatic rings. The van der Waals surface area contributed by atoms with Crippen molar-refractivity contribution in [2.45, 2.75) is 77.3 Å². The van der Waals surface area contributed by atoms with Crippen LogP contribution in [0, 0.1) is 11.8 Å². The van der Waals surface area contributed by atoms with Gasteiger partial charge < -0.3 is 5.32 Å². The lowest BCUT2D eigenvalue weighted by molar-refractivity contribution is 0.143. The van der Waals surface area contributed by atoms with Crippen molar-refractivity contribution in [2.75, 3.05) is 0 Å². The number of fused-ring (bicyclic) bond motifs is 1. The van der Waals surface area contributed by atoms with E-state index < -0.39 is 0 Å². The van der Waals surface area contributed by atoms with E-state index in [2.05, 4.69) is 19.2 Å². The second-order valence-electron chi connectivity index (χ2n) is 5.58. The highest BCUT2D eigenvalue weighted by molar-refractivity contribution is 4.91. The van der Waals surface area contributed by atoms with Crippen LogP contribution in [0.25, 0.3) is 0 Å². The molecule has 2 fully saturated rings. The maximum Gasteiger partial charge on any atom is 0.00980 e. The van der Waals surface area contributed by atoms with Gasteiger partial charge >= 0.3 is 0 Å². The average molecular weight is 209 g/mol. The van der Waals surface area contributed by atoms with Crippen molar-refractivity contribution < 1.29 is 0 Å². The minimum absolute atomic E-state index is 0.833. The predicted octanol–water partition coefficient (Wildman–Crippen LogP) is 3.73. The summed E-state index contributed by atoms with van der Waals surface area (Å²) < 4.78 is 0. The maximum absolute atomic E-state index is 3.96. The van der Waals surface area contributed by atoms with Gasteiger partial charge in [0.2, 0.25) is 0 Å². The molecule has 15 heavy (non-hydrogen) atoms. The number of hydrogen-bond acceptors (Lipinski definition) is 1. The van der Waals surface area contributed by atoms with E-state index in [1.807, 2.05) is 0 Å². The van der Waals surface area contributed by atoms with Gasteiger partial charge in [0, 0.05) is 12.1 Å². The van der Waals surface area contributed by atoms with Gasteiger partial charge in [-0.1, -0.05) is 39.5 Å². The molecule has 0 aromatic heterocycles. The Morgan fingerprint density at radius 3 is 2.47 bits per heavy atom. The zero-order chi connectivity index (χ0) is 10.7. The second-order valence-corrected chi connectivity index (χ2v) is 5.58. The summed E-state index contributed by atoms with van der Waals surface area (Å²) >= 11 is 0. The highest BCUT2D eigenvalue weighted by atomic mass is 15.0. The van der Waals surface area contributed by atoms with Crippen LogP contribution in [0.5, 0.6) is 0 Å². The predicted molar refractivity (Wildman–Crippen MR) is 66.0 cm³/mol. The zero-order valence-corrected chi connectivity index (χ0v) is 10.5. The lowest BCUT2D eigenvalue weighted by Gasteiger charge is -2.43. The smallest absolute Gasteiger partial charge is 0.00980 e. The highest BCUT2D eigenvalue weighted by Gasteiger charge is 2.33. The number of nitrogens with one attached hydrogen (secondary N) is 1. The molecule has 2 rings (SSSR count). The van der Waals surface area contributed by atoms with E-state index in [1.165, 1.54) is 51.4 Å². The molecule has 1 N–H and O–H groups in total. The Morgan fingerprint density at radius 1 is 1.00 bits per heavy atom. The summed E-state index contributed by atoms with van der Waals surface area (Å²) in [5.41, 5.74) is 0. The van der Waals surface area contributed by atoms with Crippen LogP contribution in [0.15, 0.2) is 0 Å². The van der Waals surface area contributed by atoms with E-state index in [9.17, 15) is 0 Å². The Kier molecular flexibility index (Phi) is 4.07. The van der Waals surface area contributed by atoms with E-state index >= 15 is 0 Å². The van der Waals surface area contributed by atoms with Gasteiger partial charge in [-0.25, -0.2) is 0 Å². The fourth-order valence-electron chi connectivity index (χ4n) is 3.75. The zero-order valence-electron chi connectivity index (χ0n) is 10.5. The van der Waals surface area contributed by atoms with Crippen molar-refractivity contribution in [1.29, 1.82) is 0 Å². The molecule has 1 saturated carbocycles. The monoisotopic (exact) mass is 209 g/mol. The van der Waals surface area contributed by atoms with Crippen LogP contribution in [0.1, 0.15) is 65.2 Å². The Morgan fingerprint density at radius 2 is 1.73 bits per heavy atom. The molecule has 1 aliphatic carbocycles. The van der Waals surface area contributed by atoms with Crippen LogP contribution in [-0.4, -0.2) is 12.1 Å². The normalized spacial score (nSPS) is 36.6. The summed E-state index contributed by atoms with van der Waals surface area (Å²) in [6, 6.07) is 1.71. The number of hydrogen-bond donors (Lipinski definition) is 1. The maximum atomic E-state index is 3.96. The topological polar surface area (TPSA) is 12.0 Å². The van der Waals surface area contributed by atoms with E-state index in [4.69, 9.17) is 0 Å². The Labute approximate surface area is 95.0 Å². The van der Waals surface area contributed by atoms with Crippen LogP contribution in [-0.2, 0) is 0 Å². The molecule has 1 saturated heterocycles. The van der Waals surface area contributed by atoms with Crippen LogP contribution >= 0.6 is 0 Å². The van der Waals surface area contributed by atoms with Crippen molar-refractivity contribution >= 4 is 0 Å². The third-order valence-corrected chi connectivity index (χ3v) is 4.80. The van der Waals surface area contributed by atoms with Gasteiger partial charge in [0.25, 0.3) is 0 Å². The van der Waals surface area contributed by atoms with Gasteiger partial charge in [-0.15, -0.1) is 0 Å². The molecule has 2 aliphatic rings. The van der Waals surface area contributed by atoms with Crippen molar-refractivity contribution in [3.63, 3.8) is 0 Å². The third kappa shape index (κ3) is 2.55. The molecule has 3 atom stereocenters. The molecule has 0 bridgehead atoms. The lowest BCUT2D eigenvalue weighted by Crippen LogP contribution is -2.51. The summed E-state index contributed by atoms with van der Waals surface area (Å²) in [6.07, 6.45) is 11.5. The third-order valence-electron chi connectivity index (χ3n) is 4.80. The van der Waals surface area contributed by atoms with Crippen LogP contribution in [0.4, 0.5) is 0 Å². The largest absolute Gasteiger partial charge is 0.311 e.